The molecule has 1 unspecified atom stereocenters. The zero-order valence-corrected chi connectivity index (χ0v) is 13.0. The number of hydrogen-bond donors (Lipinski definition) is 2. The lowest BCUT2D eigenvalue weighted by Gasteiger charge is -2.25. The third-order valence-electron chi connectivity index (χ3n) is 4.13. The van der Waals surface area contributed by atoms with Crippen molar-refractivity contribution in [3.8, 4) is 0 Å². The second kappa shape index (κ2) is 4.36. The average Bonchev–Trinajstić information content (AvgIpc) is 2.84. The number of hydrogen-bond acceptors (Lipinski definition) is 4. The number of thioether (sulfide) groups is 1. The third kappa shape index (κ3) is 1.54. The summed E-state index contributed by atoms with van der Waals surface area (Å²) in [5.41, 5.74) is 3.20. The fourth-order valence-electron chi connectivity index (χ4n) is 3.26. The molecule has 1 spiro atoms. The molecule has 7 heteroatoms. The van der Waals surface area contributed by atoms with Gasteiger partial charge in [-0.3, -0.25) is 14.3 Å². The van der Waals surface area contributed by atoms with Crippen molar-refractivity contribution in [1.29, 1.82) is 0 Å². The molecule has 22 heavy (non-hydrogen) atoms. The first kappa shape index (κ1) is 13.4. The zero-order valence-electron chi connectivity index (χ0n) is 12.1. The predicted molar refractivity (Wildman–Crippen MR) is 84.9 cm³/mol. The van der Waals surface area contributed by atoms with Crippen LogP contribution in [0.25, 0.3) is 0 Å². The van der Waals surface area contributed by atoms with Gasteiger partial charge in [-0.05, 0) is 13.0 Å². The van der Waals surface area contributed by atoms with E-state index in [4.69, 9.17) is 0 Å². The second-order valence-corrected chi connectivity index (χ2v) is 6.64. The summed E-state index contributed by atoms with van der Waals surface area (Å²) in [5.74, 6) is 0.575. The van der Waals surface area contributed by atoms with Gasteiger partial charge >= 0.3 is 0 Å². The summed E-state index contributed by atoms with van der Waals surface area (Å²) < 4.78 is 0.702. The Morgan fingerprint density at radius 2 is 2.05 bits per heavy atom. The van der Waals surface area contributed by atoms with Gasteiger partial charge in [0.25, 0.3) is 0 Å². The van der Waals surface area contributed by atoms with Crippen LogP contribution in [0.2, 0.25) is 0 Å². The summed E-state index contributed by atoms with van der Waals surface area (Å²) >= 11 is 1.35. The number of fused-ring (bicyclic) bond motifs is 4. The maximum absolute atomic E-state index is 12.9. The summed E-state index contributed by atoms with van der Waals surface area (Å²) in [5, 5.41) is 10.2. The summed E-state index contributed by atoms with van der Waals surface area (Å²) in [6.07, 6.45) is 0. The minimum Gasteiger partial charge on any atom is -0.324 e. The van der Waals surface area contributed by atoms with Crippen molar-refractivity contribution in [2.45, 2.75) is 11.7 Å². The van der Waals surface area contributed by atoms with Crippen LogP contribution in [0.3, 0.4) is 0 Å². The fourth-order valence-corrected chi connectivity index (χ4v) is 4.58. The topological polar surface area (TPSA) is 76.0 Å². The van der Waals surface area contributed by atoms with Crippen LogP contribution in [0.4, 0.5) is 11.5 Å². The Bertz CT molecular complexity index is 829. The van der Waals surface area contributed by atoms with Crippen molar-refractivity contribution in [2.24, 2.45) is 7.05 Å². The molecular weight excluding hydrogens is 300 g/mol. The van der Waals surface area contributed by atoms with Gasteiger partial charge in [0.05, 0.1) is 11.4 Å². The second-order valence-electron chi connectivity index (χ2n) is 5.45. The zero-order chi connectivity index (χ0) is 15.5. The normalized spacial score (nSPS) is 22.8. The van der Waals surface area contributed by atoms with Crippen LogP contribution in [0.15, 0.2) is 24.3 Å². The summed E-state index contributed by atoms with van der Waals surface area (Å²) in [4.78, 5) is 24.9. The van der Waals surface area contributed by atoms with Crippen molar-refractivity contribution in [2.75, 3.05) is 16.4 Å². The van der Waals surface area contributed by atoms with Crippen LogP contribution < -0.4 is 10.6 Å². The number of carbonyl (C=O) groups excluding carboxylic acids is 2. The van der Waals surface area contributed by atoms with Gasteiger partial charge in [0.2, 0.25) is 11.8 Å². The molecule has 3 heterocycles. The molecule has 2 amide bonds. The molecule has 0 saturated heterocycles. The molecule has 2 N–H and O–H groups in total. The Hall–Kier alpha value is -2.28. The molecule has 0 bridgehead atoms. The van der Waals surface area contributed by atoms with Crippen LogP contribution in [-0.2, 0) is 21.4 Å². The molecule has 0 fully saturated rings. The van der Waals surface area contributed by atoms with Gasteiger partial charge in [-0.15, -0.1) is 11.8 Å². The maximum Gasteiger partial charge on any atom is 0.250 e. The van der Waals surface area contributed by atoms with E-state index in [1.807, 2.05) is 31.2 Å². The van der Waals surface area contributed by atoms with Crippen molar-refractivity contribution in [3.05, 3.63) is 41.1 Å². The fraction of sp³-hybridized carbons (Fsp3) is 0.267. The number of nitrogens with one attached hydrogen (secondary N) is 2. The molecule has 2 aromatic rings. The van der Waals surface area contributed by atoms with Crippen LogP contribution in [-0.4, -0.2) is 27.3 Å². The molecule has 1 aromatic carbocycles. The number of para-hydroxylation sites is 1. The van der Waals surface area contributed by atoms with E-state index in [9.17, 15) is 9.59 Å². The van der Waals surface area contributed by atoms with E-state index >= 15 is 0 Å². The van der Waals surface area contributed by atoms with E-state index in [0.29, 0.717) is 5.82 Å². The van der Waals surface area contributed by atoms with Gasteiger partial charge in [-0.25, -0.2) is 0 Å². The van der Waals surface area contributed by atoms with Crippen molar-refractivity contribution in [1.82, 2.24) is 9.78 Å². The molecule has 0 saturated carbocycles. The number of benzene rings is 1. The van der Waals surface area contributed by atoms with E-state index in [0.717, 1.165) is 22.5 Å². The van der Waals surface area contributed by atoms with Crippen molar-refractivity contribution >= 4 is 35.1 Å². The van der Waals surface area contributed by atoms with Crippen LogP contribution in [0.5, 0.6) is 0 Å². The first-order chi connectivity index (χ1) is 10.5. The molecule has 1 atom stereocenters. The molecule has 2 aliphatic rings. The number of carbonyl (C=O) groups is 2. The van der Waals surface area contributed by atoms with Gasteiger partial charge in [0.1, 0.15) is 5.82 Å². The van der Waals surface area contributed by atoms with E-state index in [1.54, 1.807) is 11.7 Å². The van der Waals surface area contributed by atoms with Crippen LogP contribution in [0, 0.1) is 6.92 Å². The highest BCUT2D eigenvalue weighted by Crippen LogP contribution is 2.54. The smallest absolute Gasteiger partial charge is 0.250 e. The first-order valence-corrected chi connectivity index (χ1v) is 7.91. The van der Waals surface area contributed by atoms with Gasteiger partial charge in [-0.2, -0.15) is 5.10 Å². The van der Waals surface area contributed by atoms with Gasteiger partial charge in [0.15, 0.2) is 4.75 Å². The van der Waals surface area contributed by atoms with Gasteiger partial charge in [0, 0.05) is 23.9 Å². The van der Waals surface area contributed by atoms with Crippen LogP contribution in [0.1, 0.15) is 16.8 Å². The highest BCUT2D eigenvalue weighted by atomic mass is 32.2. The quantitative estimate of drug-likeness (QED) is 0.774. The molecule has 2 aliphatic heterocycles. The van der Waals surface area contributed by atoms with Crippen LogP contribution >= 0.6 is 11.8 Å². The summed E-state index contributed by atoms with van der Waals surface area (Å²) in [6, 6.07) is 7.62. The van der Waals surface area contributed by atoms with E-state index in [1.165, 1.54) is 11.8 Å². The SMILES string of the molecule is Cc1nn(C)c2c1C1(SCC(=O)N2)C(=O)Nc2ccccc21. The minimum absolute atomic E-state index is 0.118. The highest BCUT2D eigenvalue weighted by Gasteiger charge is 2.53. The summed E-state index contributed by atoms with van der Waals surface area (Å²) in [6.45, 7) is 1.87. The predicted octanol–water partition coefficient (Wildman–Crippen LogP) is 1.61. The molecule has 0 radical (unpaired) electrons. The average molecular weight is 314 g/mol. The summed E-state index contributed by atoms with van der Waals surface area (Å²) in [7, 11) is 1.77. The number of aryl methyl sites for hydroxylation is 2. The number of amides is 2. The maximum atomic E-state index is 12.9. The number of anilines is 2. The van der Waals surface area contributed by atoms with E-state index in [-0.39, 0.29) is 17.6 Å². The molecule has 4 rings (SSSR count). The Kier molecular flexibility index (Phi) is 2.65. The van der Waals surface area contributed by atoms with E-state index < -0.39 is 4.75 Å². The Morgan fingerprint density at radius 3 is 2.86 bits per heavy atom. The lowest BCUT2D eigenvalue weighted by molar-refractivity contribution is -0.117. The molecule has 6 nitrogen and oxygen atoms in total. The van der Waals surface area contributed by atoms with E-state index in [2.05, 4.69) is 15.7 Å². The van der Waals surface area contributed by atoms with Gasteiger partial charge < -0.3 is 10.6 Å². The first-order valence-electron chi connectivity index (χ1n) is 6.93. The van der Waals surface area contributed by atoms with Crippen molar-refractivity contribution in [3.63, 3.8) is 0 Å². The monoisotopic (exact) mass is 314 g/mol. The Balaban J connectivity index is 2.08. The van der Waals surface area contributed by atoms with Gasteiger partial charge in [-0.1, -0.05) is 18.2 Å². The Morgan fingerprint density at radius 1 is 1.27 bits per heavy atom. The third-order valence-corrected chi connectivity index (χ3v) is 5.58. The number of nitrogens with zero attached hydrogens (tertiary/aromatic N) is 2. The molecule has 0 aliphatic carbocycles. The Labute approximate surface area is 131 Å². The lowest BCUT2D eigenvalue weighted by Crippen LogP contribution is -2.33. The minimum atomic E-state index is -0.927. The lowest BCUT2D eigenvalue weighted by atomic mass is 9.91. The van der Waals surface area contributed by atoms with Crippen molar-refractivity contribution < 1.29 is 9.59 Å². The number of aromatic nitrogens is 2. The molecule has 1 aromatic heterocycles. The standard InChI is InChI=1S/C15H14N4O2S/c1-8-12-13(19(2)18-8)17-11(20)7-22-15(12)9-5-3-4-6-10(9)16-14(15)21/h3-6H,7H2,1-2H3,(H,16,21)(H,17,20). The molecular formula is C15H14N4O2S. The highest BCUT2D eigenvalue weighted by molar-refractivity contribution is 8.01. The number of rotatable bonds is 0. The largest absolute Gasteiger partial charge is 0.324 e. The molecule has 112 valence electrons.